The first-order chi connectivity index (χ1) is 8.13. The van der Waals surface area contributed by atoms with Gasteiger partial charge in [-0.2, -0.15) is 0 Å². The molecule has 0 saturated carbocycles. The Morgan fingerprint density at radius 1 is 1.29 bits per heavy atom. The molecule has 92 valence electrons. The molecule has 0 heterocycles. The highest BCUT2D eigenvalue weighted by atomic mass is 16.5. The summed E-state index contributed by atoms with van der Waals surface area (Å²) in [6.07, 6.45) is 4.05. The molecule has 17 heavy (non-hydrogen) atoms. The predicted octanol–water partition coefficient (Wildman–Crippen LogP) is 3.04. The molecule has 0 amide bonds. The van der Waals surface area contributed by atoms with Gasteiger partial charge in [0.1, 0.15) is 5.75 Å². The van der Waals surface area contributed by atoms with Gasteiger partial charge in [-0.15, -0.1) is 0 Å². The quantitative estimate of drug-likeness (QED) is 0.868. The lowest BCUT2D eigenvalue weighted by Crippen LogP contribution is -2.17. The molecule has 0 aromatic heterocycles. The van der Waals surface area contributed by atoms with Crippen molar-refractivity contribution in [3.8, 4) is 5.75 Å². The molecule has 2 rings (SSSR count). The van der Waals surface area contributed by atoms with E-state index in [0.717, 1.165) is 18.6 Å². The van der Waals surface area contributed by atoms with E-state index in [1.807, 2.05) is 13.0 Å². The van der Waals surface area contributed by atoms with Crippen LogP contribution < -0.4 is 4.74 Å². The van der Waals surface area contributed by atoms with Gasteiger partial charge in [0.25, 0.3) is 0 Å². The van der Waals surface area contributed by atoms with Gasteiger partial charge in [0.05, 0.1) is 13.2 Å². The van der Waals surface area contributed by atoms with Crippen molar-refractivity contribution in [3.63, 3.8) is 0 Å². The normalized spacial score (nSPS) is 18.0. The van der Waals surface area contributed by atoms with Crippen LogP contribution in [0.4, 0.5) is 0 Å². The highest BCUT2D eigenvalue weighted by molar-refractivity contribution is 5.72. The minimum absolute atomic E-state index is 0.183. The molecule has 0 saturated heterocycles. The molecule has 0 aliphatic heterocycles. The van der Waals surface area contributed by atoms with Crippen LogP contribution in [0, 0.1) is 5.92 Å². The largest absolute Gasteiger partial charge is 0.497 e. The van der Waals surface area contributed by atoms with Crippen molar-refractivity contribution in [2.75, 3.05) is 7.11 Å². The first-order valence-electron chi connectivity index (χ1n) is 6.19. The van der Waals surface area contributed by atoms with Crippen LogP contribution in [-0.2, 0) is 6.42 Å². The first kappa shape index (κ1) is 12.2. The summed E-state index contributed by atoms with van der Waals surface area (Å²) in [4.78, 5) is 0. The van der Waals surface area contributed by atoms with Crippen LogP contribution in [0.5, 0.6) is 5.75 Å². The molecule has 1 aliphatic rings. The number of allylic oxidation sites excluding steroid dienone is 1. The molecule has 0 radical (unpaired) electrons. The Morgan fingerprint density at radius 2 is 2.06 bits per heavy atom. The Morgan fingerprint density at radius 3 is 2.71 bits per heavy atom. The van der Waals surface area contributed by atoms with E-state index in [4.69, 9.17) is 4.74 Å². The van der Waals surface area contributed by atoms with Crippen LogP contribution in [0.2, 0.25) is 0 Å². The van der Waals surface area contributed by atoms with Crippen molar-refractivity contribution in [1.29, 1.82) is 0 Å². The Labute approximate surface area is 103 Å². The van der Waals surface area contributed by atoms with Crippen molar-refractivity contribution in [3.05, 3.63) is 35.4 Å². The second-order valence-corrected chi connectivity index (χ2v) is 4.75. The van der Waals surface area contributed by atoms with Gasteiger partial charge in [0.2, 0.25) is 0 Å². The van der Waals surface area contributed by atoms with Gasteiger partial charge in [0.15, 0.2) is 0 Å². The third kappa shape index (κ3) is 2.37. The van der Waals surface area contributed by atoms with Crippen molar-refractivity contribution < 1.29 is 9.84 Å². The zero-order valence-corrected chi connectivity index (χ0v) is 10.7. The van der Waals surface area contributed by atoms with Crippen molar-refractivity contribution in [2.45, 2.75) is 32.8 Å². The summed E-state index contributed by atoms with van der Waals surface area (Å²) in [6.45, 7) is 3.93. The number of benzene rings is 1. The first-order valence-corrected chi connectivity index (χ1v) is 6.19. The summed E-state index contributed by atoms with van der Waals surface area (Å²) >= 11 is 0. The van der Waals surface area contributed by atoms with Crippen LogP contribution in [0.1, 0.15) is 31.4 Å². The lowest BCUT2D eigenvalue weighted by molar-refractivity contribution is 0.161. The standard InChI is InChI=1S/C15H20O2/c1-10(11(2)16)14-6-4-5-12-9-13(17-3)7-8-15(12)14/h6-11,16H,4-5H2,1-3H3/t10-,11+/m1/s1. The van der Waals surface area contributed by atoms with Crippen molar-refractivity contribution in [2.24, 2.45) is 5.92 Å². The minimum Gasteiger partial charge on any atom is -0.497 e. The molecular weight excluding hydrogens is 212 g/mol. The van der Waals surface area contributed by atoms with Gasteiger partial charge in [-0.05, 0) is 48.6 Å². The van der Waals surface area contributed by atoms with Crippen molar-refractivity contribution >= 4 is 5.57 Å². The minimum atomic E-state index is -0.311. The zero-order chi connectivity index (χ0) is 12.4. The number of ether oxygens (including phenoxy) is 1. The third-order valence-corrected chi connectivity index (χ3v) is 3.62. The van der Waals surface area contributed by atoms with E-state index < -0.39 is 0 Å². The van der Waals surface area contributed by atoms with Crippen LogP contribution >= 0.6 is 0 Å². The SMILES string of the molecule is COc1ccc2c(c1)CCC=C2[C@H](C)[C@H](C)O. The van der Waals surface area contributed by atoms with Crippen LogP contribution in [0.3, 0.4) is 0 Å². The topological polar surface area (TPSA) is 29.5 Å². The van der Waals surface area contributed by atoms with Crippen LogP contribution in [0.25, 0.3) is 5.57 Å². The number of fused-ring (bicyclic) bond motifs is 1. The van der Waals surface area contributed by atoms with E-state index in [0.29, 0.717) is 0 Å². The van der Waals surface area contributed by atoms with Crippen LogP contribution in [0.15, 0.2) is 24.3 Å². The number of hydrogen-bond donors (Lipinski definition) is 1. The molecule has 1 aliphatic carbocycles. The molecule has 2 heteroatoms. The number of aliphatic hydroxyl groups excluding tert-OH is 1. The second kappa shape index (κ2) is 4.92. The van der Waals surface area contributed by atoms with Crippen LogP contribution in [-0.4, -0.2) is 18.3 Å². The summed E-state index contributed by atoms with van der Waals surface area (Å²) < 4.78 is 5.25. The number of rotatable bonds is 3. The van der Waals surface area contributed by atoms with Gasteiger partial charge in [-0.3, -0.25) is 0 Å². The lowest BCUT2D eigenvalue weighted by Gasteiger charge is -2.25. The zero-order valence-electron chi connectivity index (χ0n) is 10.7. The average Bonchev–Trinajstić information content (AvgIpc) is 2.36. The van der Waals surface area contributed by atoms with Gasteiger partial charge < -0.3 is 9.84 Å². The molecule has 2 nitrogen and oxygen atoms in total. The summed E-state index contributed by atoms with van der Waals surface area (Å²) in [5.74, 6) is 1.09. The summed E-state index contributed by atoms with van der Waals surface area (Å²) in [6, 6.07) is 6.21. The lowest BCUT2D eigenvalue weighted by atomic mass is 9.82. The van der Waals surface area contributed by atoms with E-state index in [1.165, 1.54) is 16.7 Å². The van der Waals surface area contributed by atoms with Gasteiger partial charge in [-0.25, -0.2) is 0 Å². The number of methoxy groups -OCH3 is 1. The maximum absolute atomic E-state index is 9.73. The van der Waals surface area contributed by atoms with E-state index >= 15 is 0 Å². The monoisotopic (exact) mass is 232 g/mol. The van der Waals surface area contributed by atoms with Crippen molar-refractivity contribution in [1.82, 2.24) is 0 Å². The maximum atomic E-state index is 9.73. The molecule has 1 N–H and O–H groups in total. The Bertz CT molecular complexity index is 433. The van der Waals surface area contributed by atoms with E-state index in [2.05, 4.69) is 25.1 Å². The van der Waals surface area contributed by atoms with Gasteiger partial charge in [0, 0.05) is 5.92 Å². The van der Waals surface area contributed by atoms with E-state index in [1.54, 1.807) is 7.11 Å². The van der Waals surface area contributed by atoms with E-state index in [-0.39, 0.29) is 12.0 Å². The highest BCUT2D eigenvalue weighted by Crippen LogP contribution is 2.34. The Kier molecular flexibility index (Phi) is 3.53. The fourth-order valence-corrected chi connectivity index (χ4v) is 2.37. The second-order valence-electron chi connectivity index (χ2n) is 4.75. The Hall–Kier alpha value is -1.28. The fourth-order valence-electron chi connectivity index (χ4n) is 2.37. The predicted molar refractivity (Wildman–Crippen MR) is 70.1 cm³/mol. The molecule has 1 aromatic rings. The molecule has 0 fully saturated rings. The summed E-state index contributed by atoms with van der Waals surface area (Å²) in [7, 11) is 1.69. The molecular formula is C15H20O2. The molecule has 1 aromatic carbocycles. The summed E-state index contributed by atoms with van der Waals surface area (Å²) in [5, 5.41) is 9.73. The van der Waals surface area contributed by atoms with E-state index in [9.17, 15) is 5.11 Å². The molecule has 0 unspecified atom stereocenters. The number of aryl methyl sites for hydroxylation is 1. The fraction of sp³-hybridized carbons (Fsp3) is 0.467. The molecule has 0 spiro atoms. The smallest absolute Gasteiger partial charge is 0.119 e. The number of aliphatic hydroxyl groups is 1. The highest BCUT2D eigenvalue weighted by Gasteiger charge is 2.21. The molecule has 0 bridgehead atoms. The third-order valence-electron chi connectivity index (χ3n) is 3.62. The van der Waals surface area contributed by atoms with Gasteiger partial charge in [-0.1, -0.05) is 19.1 Å². The maximum Gasteiger partial charge on any atom is 0.119 e. The summed E-state index contributed by atoms with van der Waals surface area (Å²) in [5.41, 5.74) is 3.86. The molecule has 2 atom stereocenters. The number of hydrogen-bond acceptors (Lipinski definition) is 2. The van der Waals surface area contributed by atoms with Gasteiger partial charge >= 0.3 is 0 Å². The average molecular weight is 232 g/mol. The Balaban J connectivity index is 2.38.